The third kappa shape index (κ3) is 5.76. The number of benzene rings is 1. The molecule has 0 aliphatic heterocycles. The molecule has 3 amide bonds. The van der Waals surface area contributed by atoms with Gasteiger partial charge in [-0.2, -0.15) is 0 Å². The van der Waals surface area contributed by atoms with E-state index in [4.69, 9.17) is 4.74 Å². The Kier molecular flexibility index (Phi) is 6.21. The van der Waals surface area contributed by atoms with Crippen LogP contribution in [-0.4, -0.2) is 32.1 Å². The quantitative estimate of drug-likeness (QED) is 0.660. The lowest BCUT2D eigenvalue weighted by molar-refractivity contribution is -0.118. The summed E-state index contributed by atoms with van der Waals surface area (Å²) in [5.41, 5.74) is 0.905. The van der Waals surface area contributed by atoms with Crippen molar-refractivity contribution in [3.05, 3.63) is 29.8 Å². The Bertz CT molecular complexity index is 435. The van der Waals surface area contributed by atoms with Crippen molar-refractivity contribution in [2.75, 3.05) is 20.2 Å². The average molecular weight is 265 g/mol. The minimum atomic E-state index is -0.281. The van der Waals surface area contributed by atoms with E-state index in [2.05, 4.69) is 16.0 Å². The highest BCUT2D eigenvalue weighted by molar-refractivity contribution is 5.74. The Morgan fingerprint density at radius 3 is 2.47 bits per heavy atom. The lowest BCUT2D eigenvalue weighted by Crippen LogP contribution is -2.39. The van der Waals surface area contributed by atoms with Crippen LogP contribution in [0.1, 0.15) is 12.5 Å². The molecular weight excluding hydrogens is 246 g/mol. The minimum absolute atomic E-state index is 0.115. The molecule has 0 fully saturated rings. The monoisotopic (exact) mass is 265 g/mol. The van der Waals surface area contributed by atoms with Crippen LogP contribution in [0.2, 0.25) is 0 Å². The van der Waals surface area contributed by atoms with E-state index in [1.807, 2.05) is 24.3 Å². The van der Waals surface area contributed by atoms with Gasteiger partial charge < -0.3 is 20.7 Å². The second-order valence-corrected chi connectivity index (χ2v) is 3.90. The SMILES string of the molecule is COc1ccccc1CNC(=O)NCCNC(C)=O. The van der Waals surface area contributed by atoms with E-state index in [0.717, 1.165) is 11.3 Å². The second kappa shape index (κ2) is 7.97. The number of carbonyl (C=O) groups is 2. The van der Waals surface area contributed by atoms with Gasteiger partial charge in [0.1, 0.15) is 5.75 Å². The van der Waals surface area contributed by atoms with E-state index < -0.39 is 0 Å². The van der Waals surface area contributed by atoms with Crippen molar-refractivity contribution in [2.24, 2.45) is 0 Å². The van der Waals surface area contributed by atoms with Gasteiger partial charge in [0, 0.05) is 32.1 Å². The Labute approximate surface area is 112 Å². The molecule has 0 radical (unpaired) electrons. The number of amides is 3. The lowest BCUT2D eigenvalue weighted by atomic mass is 10.2. The first-order chi connectivity index (χ1) is 9.13. The third-order valence-corrected chi connectivity index (χ3v) is 2.42. The number of rotatable bonds is 6. The lowest BCUT2D eigenvalue weighted by Gasteiger charge is -2.10. The Morgan fingerprint density at radius 1 is 1.11 bits per heavy atom. The van der Waals surface area contributed by atoms with E-state index in [1.54, 1.807) is 7.11 Å². The van der Waals surface area contributed by atoms with Crippen LogP contribution in [0.15, 0.2) is 24.3 Å². The van der Waals surface area contributed by atoms with Crippen molar-refractivity contribution < 1.29 is 14.3 Å². The normalized spacial score (nSPS) is 9.58. The Balaban J connectivity index is 2.28. The molecule has 0 heterocycles. The van der Waals surface area contributed by atoms with Crippen molar-refractivity contribution in [2.45, 2.75) is 13.5 Å². The van der Waals surface area contributed by atoms with Crippen LogP contribution in [0, 0.1) is 0 Å². The molecule has 104 valence electrons. The number of urea groups is 1. The second-order valence-electron chi connectivity index (χ2n) is 3.90. The molecule has 1 rings (SSSR count). The first kappa shape index (κ1) is 14.8. The summed E-state index contributed by atoms with van der Waals surface area (Å²) in [5.74, 6) is 0.622. The van der Waals surface area contributed by atoms with Crippen LogP contribution in [0.25, 0.3) is 0 Å². The standard InChI is InChI=1S/C13H19N3O3/c1-10(17)14-7-8-15-13(18)16-9-11-5-3-4-6-12(11)19-2/h3-6H,7-9H2,1-2H3,(H,14,17)(H2,15,16,18). The summed E-state index contributed by atoms with van der Waals surface area (Å²) in [6, 6.07) is 7.20. The zero-order valence-corrected chi connectivity index (χ0v) is 11.2. The summed E-state index contributed by atoms with van der Waals surface area (Å²) < 4.78 is 5.18. The van der Waals surface area contributed by atoms with Gasteiger partial charge in [0.05, 0.1) is 7.11 Å². The molecule has 0 aliphatic rings. The maximum Gasteiger partial charge on any atom is 0.315 e. The molecule has 0 aromatic heterocycles. The fourth-order valence-corrected chi connectivity index (χ4v) is 1.50. The van der Waals surface area contributed by atoms with Gasteiger partial charge in [0.25, 0.3) is 0 Å². The highest BCUT2D eigenvalue weighted by Gasteiger charge is 2.04. The Hall–Kier alpha value is -2.24. The predicted molar refractivity (Wildman–Crippen MR) is 71.9 cm³/mol. The molecule has 3 N–H and O–H groups in total. The molecule has 0 bridgehead atoms. The summed E-state index contributed by atoms with van der Waals surface area (Å²) in [5, 5.41) is 7.95. The smallest absolute Gasteiger partial charge is 0.315 e. The number of hydrogen-bond acceptors (Lipinski definition) is 3. The summed E-state index contributed by atoms with van der Waals surface area (Å²) in [4.78, 5) is 22.1. The average Bonchev–Trinajstić information content (AvgIpc) is 2.41. The minimum Gasteiger partial charge on any atom is -0.496 e. The number of methoxy groups -OCH3 is 1. The van der Waals surface area contributed by atoms with Crippen molar-refractivity contribution >= 4 is 11.9 Å². The molecule has 0 unspecified atom stereocenters. The van der Waals surface area contributed by atoms with E-state index in [9.17, 15) is 9.59 Å². The van der Waals surface area contributed by atoms with Gasteiger partial charge in [-0.15, -0.1) is 0 Å². The maximum atomic E-state index is 11.5. The summed E-state index contributed by atoms with van der Waals surface area (Å²) in [7, 11) is 1.59. The van der Waals surface area contributed by atoms with Crippen molar-refractivity contribution in [1.82, 2.24) is 16.0 Å². The number of para-hydroxylation sites is 1. The number of carbonyl (C=O) groups excluding carboxylic acids is 2. The van der Waals surface area contributed by atoms with Crippen LogP contribution >= 0.6 is 0 Å². The highest BCUT2D eigenvalue weighted by atomic mass is 16.5. The first-order valence-electron chi connectivity index (χ1n) is 6.01. The highest BCUT2D eigenvalue weighted by Crippen LogP contribution is 2.16. The maximum absolute atomic E-state index is 11.5. The van der Waals surface area contributed by atoms with E-state index in [1.165, 1.54) is 6.92 Å². The molecule has 0 saturated heterocycles. The van der Waals surface area contributed by atoms with Crippen molar-refractivity contribution in [3.63, 3.8) is 0 Å². The largest absolute Gasteiger partial charge is 0.496 e. The van der Waals surface area contributed by atoms with Gasteiger partial charge in [0.2, 0.25) is 5.91 Å². The van der Waals surface area contributed by atoms with Gasteiger partial charge in [-0.3, -0.25) is 4.79 Å². The van der Waals surface area contributed by atoms with Crippen LogP contribution in [0.5, 0.6) is 5.75 Å². The van der Waals surface area contributed by atoms with Gasteiger partial charge >= 0.3 is 6.03 Å². The molecule has 19 heavy (non-hydrogen) atoms. The van der Waals surface area contributed by atoms with E-state index in [-0.39, 0.29) is 11.9 Å². The molecule has 0 atom stereocenters. The van der Waals surface area contributed by atoms with Gasteiger partial charge in [-0.05, 0) is 6.07 Å². The van der Waals surface area contributed by atoms with Crippen molar-refractivity contribution in [3.8, 4) is 5.75 Å². The molecule has 0 saturated carbocycles. The molecule has 0 spiro atoms. The number of ether oxygens (including phenoxy) is 1. The Morgan fingerprint density at radius 2 is 1.79 bits per heavy atom. The zero-order chi connectivity index (χ0) is 14.1. The molecular formula is C13H19N3O3. The molecule has 6 nitrogen and oxygen atoms in total. The van der Waals surface area contributed by atoms with Crippen LogP contribution in [0.4, 0.5) is 4.79 Å². The van der Waals surface area contributed by atoms with Crippen LogP contribution in [0.3, 0.4) is 0 Å². The molecule has 1 aromatic carbocycles. The van der Waals surface area contributed by atoms with Gasteiger partial charge in [-0.1, -0.05) is 18.2 Å². The van der Waals surface area contributed by atoms with Crippen LogP contribution < -0.4 is 20.7 Å². The zero-order valence-electron chi connectivity index (χ0n) is 11.2. The van der Waals surface area contributed by atoms with Gasteiger partial charge in [0.15, 0.2) is 0 Å². The van der Waals surface area contributed by atoms with E-state index >= 15 is 0 Å². The van der Waals surface area contributed by atoms with Crippen LogP contribution in [-0.2, 0) is 11.3 Å². The van der Waals surface area contributed by atoms with Crippen molar-refractivity contribution in [1.29, 1.82) is 0 Å². The summed E-state index contributed by atoms with van der Waals surface area (Å²) in [6.07, 6.45) is 0. The van der Waals surface area contributed by atoms with Gasteiger partial charge in [-0.25, -0.2) is 4.79 Å². The fraction of sp³-hybridized carbons (Fsp3) is 0.385. The topological polar surface area (TPSA) is 79.5 Å². The fourth-order valence-electron chi connectivity index (χ4n) is 1.50. The number of hydrogen-bond donors (Lipinski definition) is 3. The molecule has 6 heteroatoms. The molecule has 0 aliphatic carbocycles. The molecule has 1 aromatic rings. The predicted octanol–water partition coefficient (Wildman–Crippen LogP) is 0.630. The summed E-state index contributed by atoms with van der Waals surface area (Å²) >= 11 is 0. The number of nitrogens with one attached hydrogen (secondary N) is 3. The first-order valence-corrected chi connectivity index (χ1v) is 6.01. The summed E-state index contributed by atoms with van der Waals surface area (Å²) in [6.45, 7) is 2.62. The van der Waals surface area contributed by atoms with E-state index in [0.29, 0.717) is 19.6 Å². The third-order valence-electron chi connectivity index (χ3n) is 2.42.